The maximum atomic E-state index is 12.4. The minimum absolute atomic E-state index is 0.193. The highest BCUT2D eigenvalue weighted by Gasteiger charge is 2.23. The van der Waals surface area contributed by atoms with Gasteiger partial charge in [-0.05, 0) is 36.2 Å². The maximum Gasteiger partial charge on any atom is 0.269 e. The Morgan fingerprint density at radius 1 is 1.30 bits per heavy atom. The summed E-state index contributed by atoms with van der Waals surface area (Å²) in [5.74, 6) is 1.55. The predicted molar refractivity (Wildman–Crippen MR) is 99.8 cm³/mol. The molecule has 0 aliphatic carbocycles. The average molecular weight is 364 g/mol. The number of pyridine rings is 1. The van der Waals surface area contributed by atoms with Crippen LogP contribution in [0.2, 0.25) is 0 Å². The number of H-pyrrole nitrogens is 1. The van der Waals surface area contributed by atoms with Crippen LogP contribution in [0.25, 0.3) is 11.4 Å². The lowest BCUT2D eigenvalue weighted by atomic mass is 9.96. The van der Waals surface area contributed by atoms with Gasteiger partial charge in [-0.3, -0.25) is 14.9 Å². The first-order chi connectivity index (χ1) is 13.2. The molecule has 138 valence electrons. The highest BCUT2D eigenvalue weighted by atomic mass is 16.5. The molecule has 3 heterocycles. The molecular formula is C20H20N4O3. The monoisotopic (exact) mass is 364 g/mol. The smallest absolute Gasteiger partial charge is 0.269 e. The molecule has 1 aliphatic rings. The Kier molecular flexibility index (Phi) is 4.74. The van der Waals surface area contributed by atoms with Gasteiger partial charge in [0.05, 0.1) is 19.4 Å². The molecule has 27 heavy (non-hydrogen) atoms. The van der Waals surface area contributed by atoms with Gasteiger partial charge in [0.1, 0.15) is 11.4 Å². The topological polar surface area (TPSA) is 89.1 Å². The third kappa shape index (κ3) is 3.62. The number of aromatic nitrogens is 3. The van der Waals surface area contributed by atoms with Crippen molar-refractivity contribution in [3.8, 4) is 22.9 Å². The molecule has 0 unspecified atom stereocenters. The van der Waals surface area contributed by atoms with Crippen molar-refractivity contribution in [3.05, 3.63) is 59.9 Å². The zero-order valence-electron chi connectivity index (χ0n) is 14.9. The first-order valence-corrected chi connectivity index (χ1v) is 8.78. The van der Waals surface area contributed by atoms with Crippen LogP contribution in [0.3, 0.4) is 0 Å². The minimum Gasteiger partial charge on any atom is -0.493 e. The fourth-order valence-corrected chi connectivity index (χ4v) is 3.16. The third-order valence-electron chi connectivity index (χ3n) is 4.55. The average Bonchev–Trinajstić information content (AvgIpc) is 3.22. The van der Waals surface area contributed by atoms with Gasteiger partial charge in [-0.1, -0.05) is 18.2 Å². The fraction of sp³-hybridized carbons (Fsp3) is 0.250. The summed E-state index contributed by atoms with van der Waals surface area (Å²) >= 11 is 0. The van der Waals surface area contributed by atoms with Crippen LogP contribution in [-0.4, -0.2) is 41.3 Å². The van der Waals surface area contributed by atoms with Crippen LogP contribution in [0.4, 0.5) is 0 Å². The number of amides is 1. The molecule has 3 aromatic rings. The molecule has 1 atom stereocenters. The number of fused-ring (bicyclic) bond motifs is 1. The fourth-order valence-electron chi connectivity index (χ4n) is 3.16. The van der Waals surface area contributed by atoms with E-state index >= 15 is 0 Å². The van der Waals surface area contributed by atoms with E-state index in [0.717, 1.165) is 29.2 Å². The van der Waals surface area contributed by atoms with Crippen LogP contribution in [0.5, 0.6) is 11.5 Å². The largest absolute Gasteiger partial charge is 0.493 e. The zero-order chi connectivity index (χ0) is 18.6. The number of methoxy groups -OCH3 is 1. The van der Waals surface area contributed by atoms with Crippen molar-refractivity contribution in [2.24, 2.45) is 5.92 Å². The SMILES string of the molecule is COc1cccc2c1OC[C@H](CNC(=O)c1cc(-c3ccccn3)n[nH]1)C2. The van der Waals surface area contributed by atoms with E-state index in [2.05, 4.69) is 20.5 Å². The summed E-state index contributed by atoms with van der Waals surface area (Å²) < 4.78 is 11.2. The Labute approximate surface area is 156 Å². The molecular weight excluding hydrogens is 344 g/mol. The van der Waals surface area contributed by atoms with Gasteiger partial charge < -0.3 is 14.8 Å². The van der Waals surface area contributed by atoms with Crippen molar-refractivity contribution >= 4 is 5.91 Å². The molecule has 7 heteroatoms. The Morgan fingerprint density at radius 2 is 2.22 bits per heavy atom. The van der Waals surface area contributed by atoms with Crippen LogP contribution in [-0.2, 0) is 6.42 Å². The Balaban J connectivity index is 1.37. The first kappa shape index (κ1) is 17.1. The van der Waals surface area contributed by atoms with E-state index in [4.69, 9.17) is 9.47 Å². The number of benzene rings is 1. The second kappa shape index (κ2) is 7.49. The molecule has 1 amide bonds. The summed E-state index contributed by atoms with van der Waals surface area (Å²) in [4.78, 5) is 16.6. The molecule has 0 bridgehead atoms. The molecule has 2 aromatic heterocycles. The molecule has 1 aliphatic heterocycles. The molecule has 1 aromatic carbocycles. The molecule has 0 saturated heterocycles. The van der Waals surface area contributed by atoms with Crippen LogP contribution in [0, 0.1) is 5.92 Å². The van der Waals surface area contributed by atoms with Gasteiger partial charge in [0.2, 0.25) is 0 Å². The van der Waals surface area contributed by atoms with E-state index in [1.165, 1.54) is 0 Å². The van der Waals surface area contributed by atoms with Crippen molar-refractivity contribution < 1.29 is 14.3 Å². The van der Waals surface area contributed by atoms with Crippen LogP contribution >= 0.6 is 0 Å². The summed E-state index contributed by atoms with van der Waals surface area (Å²) in [5.41, 5.74) is 2.87. The number of aromatic amines is 1. The molecule has 4 rings (SSSR count). The predicted octanol–water partition coefficient (Wildman–Crippen LogP) is 2.46. The summed E-state index contributed by atoms with van der Waals surface area (Å²) in [6.45, 7) is 1.06. The summed E-state index contributed by atoms with van der Waals surface area (Å²) in [5, 5.41) is 9.89. The van der Waals surface area contributed by atoms with Crippen molar-refractivity contribution in [1.29, 1.82) is 0 Å². The van der Waals surface area contributed by atoms with E-state index in [1.807, 2.05) is 36.4 Å². The minimum atomic E-state index is -0.193. The highest BCUT2D eigenvalue weighted by Crippen LogP contribution is 2.35. The Hall–Kier alpha value is -3.35. The van der Waals surface area contributed by atoms with Crippen LogP contribution in [0.1, 0.15) is 16.1 Å². The Morgan fingerprint density at radius 3 is 3.04 bits per heavy atom. The number of para-hydroxylation sites is 1. The van der Waals surface area contributed by atoms with E-state index in [1.54, 1.807) is 19.4 Å². The second-order valence-electron chi connectivity index (χ2n) is 6.42. The molecule has 0 radical (unpaired) electrons. The summed E-state index contributed by atoms with van der Waals surface area (Å²) in [7, 11) is 1.63. The maximum absolute atomic E-state index is 12.4. The number of rotatable bonds is 5. The lowest BCUT2D eigenvalue weighted by molar-refractivity contribution is 0.0933. The standard InChI is InChI=1S/C20H20N4O3/c1-26-18-7-4-5-14-9-13(12-27-19(14)18)11-22-20(25)17-10-16(23-24-17)15-6-2-3-8-21-15/h2-8,10,13H,9,11-12H2,1H3,(H,22,25)(H,23,24)/t13-/m0/s1. The molecule has 0 saturated carbocycles. The van der Waals surface area contributed by atoms with Gasteiger partial charge in [0.15, 0.2) is 11.5 Å². The molecule has 0 fully saturated rings. The first-order valence-electron chi connectivity index (χ1n) is 8.78. The van der Waals surface area contributed by atoms with Gasteiger partial charge in [-0.2, -0.15) is 5.10 Å². The van der Waals surface area contributed by atoms with Gasteiger partial charge >= 0.3 is 0 Å². The molecule has 0 spiro atoms. The van der Waals surface area contributed by atoms with E-state index < -0.39 is 0 Å². The lowest BCUT2D eigenvalue weighted by Gasteiger charge is -2.26. The number of nitrogens with zero attached hydrogens (tertiary/aromatic N) is 2. The van der Waals surface area contributed by atoms with Gasteiger partial charge in [-0.25, -0.2) is 0 Å². The molecule has 7 nitrogen and oxygen atoms in total. The van der Waals surface area contributed by atoms with E-state index in [0.29, 0.717) is 24.5 Å². The number of carbonyl (C=O) groups is 1. The van der Waals surface area contributed by atoms with Gasteiger partial charge in [0.25, 0.3) is 5.91 Å². The highest BCUT2D eigenvalue weighted by molar-refractivity contribution is 5.93. The third-order valence-corrected chi connectivity index (χ3v) is 4.55. The number of hydrogen-bond acceptors (Lipinski definition) is 5. The number of carbonyl (C=O) groups excluding carboxylic acids is 1. The van der Waals surface area contributed by atoms with Crippen molar-refractivity contribution in [2.75, 3.05) is 20.3 Å². The van der Waals surface area contributed by atoms with Gasteiger partial charge in [-0.15, -0.1) is 0 Å². The van der Waals surface area contributed by atoms with Crippen molar-refractivity contribution in [1.82, 2.24) is 20.5 Å². The number of ether oxygens (including phenoxy) is 2. The van der Waals surface area contributed by atoms with E-state index in [-0.39, 0.29) is 11.8 Å². The molecule has 2 N–H and O–H groups in total. The van der Waals surface area contributed by atoms with Gasteiger partial charge in [0, 0.05) is 18.7 Å². The number of hydrogen-bond donors (Lipinski definition) is 2. The number of nitrogens with one attached hydrogen (secondary N) is 2. The second-order valence-corrected chi connectivity index (χ2v) is 6.42. The van der Waals surface area contributed by atoms with E-state index in [9.17, 15) is 4.79 Å². The lowest BCUT2D eigenvalue weighted by Crippen LogP contribution is -2.35. The van der Waals surface area contributed by atoms with Crippen molar-refractivity contribution in [2.45, 2.75) is 6.42 Å². The quantitative estimate of drug-likeness (QED) is 0.726. The Bertz CT molecular complexity index is 939. The zero-order valence-corrected chi connectivity index (χ0v) is 14.9. The summed E-state index contributed by atoms with van der Waals surface area (Å²) in [6, 6.07) is 13.1. The normalized spacial score (nSPS) is 15.5. The van der Waals surface area contributed by atoms with Crippen molar-refractivity contribution in [3.63, 3.8) is 0 Å². The van der Waals surface area contributed by atoms with Crippen LogP contribution < -0.4 is 14.8 Å². The van der Waals surface area contributed by atoms with Crippen LogP contribution in [0.15, 0.2) is 48.7 Å². The summed E-state index contributed by atoms with van der Waals surface area (Å²) in [6.07, 6.45) is 2.52.